The summed E-state index contributed by atoms with van der Waals surface area (Å²) < 4.78 is 34.5. The van der Waals surface area contributed by atoms with Crippen LogP contribution in [0.4, 0.5) is 0 Å². The van der Waals surface area contributed by atoms with Crippen molar-refractivity contribution in [3.05, 3.63) is 29.8 Å². The average molecular weight is 246 g/mol. The largest absolute Gasteiger partial charge is 0.497 e. The highest BCUT2D eigenvalue weighted by molar-refractivity contribution is 7.85. The number of rotatable bonds is 5. The lowest BCUT2D eigenvalue weighted by molar-refractivity contribution is 0.195. The highest BCUT2D eigenvalue weighted by Gasteiger charge is 2.14. The average Bonchev–Trinajstić information content (AvgIpc) is 2.16. The van der Waals surface area contributed by atoms with Crippen molar-refractivity contribution in [3.63, 3.8) is 0 Å². The Morgan fingerprint density at radius 2 is 1.88 bits per heavy atom. The molecule has 1 atom stereocenters. The Balaban J connectivity index is 2.59. The molecule has 0 saturated heterocycles. The van der Waals surface area contributed by atoms with Gasteiger partial charge in [-0.1, -0.05) is 12.1 Å². The number of aliphatic hydroxyl groups excluding tert-OH is 1. The third kappa shape index (κ3) is 4.61. The monoisotopic (exact) mass is 246 g/mol. The molecule has 1 unspecified atom stereocenters. The van der Waals surface area contributed by atoms with Crippen molar-refractivity contribution in [2.24, 2.45) is 0 Å². The van der Waals surface area contributed by atoms with Crippen molar-refractivity contribution in [2.45, 2.75) is 12.5 Å². The maximum Gasteiger partial charge on any atom is 0.267 e. The summed E-state index contributed by atoms with van der Waals surface area (Å²) in [7, 11) is -2.59. The number of hydrogen-bond donors (Lipinski definition) is 2. The molecule has 1 aromatic rings. The fraction of sp³-hybridized carbons (Fsp3) is 0.400. The van der Waals surface area contributed by atoms with Gasteiger partial charge in [0.1, 0.15) is 11.5 Å². The molecule has 6 heteroatoms. The van der Waals surface area contributed by atoms with Crippen LogP contribution in [0, 0.1) is 0 Å². The van der Waals surface area contributed by atoms with E-state index >= 15 is 0 Å². The van der Waals surface area contributed by atoms with E-state index < -0.39 is 22.0 Å². The molecular weight excluding hydrogens is 232 g/mol. The molecule has 0 aromatic heterocycles. The zero-order valence-electron chi connectivity index (χ0n) is 8.83. The fourth-order valence-electron chi connectivity index (χ4n) is 1.34. The van der Waals surface area contributed by atoms with E-state index in [2.05, 4.69) is 0 Å². The van der Waals surface area contributed by atoms with Crippen LogP contribution < -0.4 is 4.74 Å². The van der Waals surface area contributed by atoms with E-state index in [0.29, 0.717) is 5.75 Å². The Labute approximate surface area is 94.4 Å². The van der Waals surface area contributed by atoms with E-state index in [0.717, 1.165) is 5.56 Å². The molecule has 0 amide bonds. The summed E-state index contributed by atoms with van der Waals surface area (Å²) in [6, 6.07) is 6.89. The predicted molar refractivity (Wildman–Crippen MR) is 59.1 cm³/mol. The van der Waals surface area contributed by atoms with Crippen molar-refractivity contribution in [1.29, 1.82) is 0 Å². The molecule has 0 aliphatic carbocycles. The van der Waals surface area contributed by atoms with Crippen molar-refractivity contribution in [1.82, 2.24) is 0 Å². The molecule has 0 radical (unpaired) electrons. The lowest BCUT2D eigenvalue weighted by Gasteiger charge is -2.09. The van der Waals surface area contributed by atoms with Crippen LogP contribution in [-0.4, -0.2) is 37.0 Å². The third-order valence-electron chi connectivity index (χ3n) is 2.03. The highest BCUT2D eigenvalue weighted by atomic mass is 32.2. The molecule has 5 nitrogen and oxygen atoms in total. The van der Waals surface area contributed by atoms with Gasteiger partial charge in [-0.05, 0) is 24.1 Å². The third-order valence-corrected chi connectivity index (χ3v) is 2.84. The van der Waals surface area contributed by atoms with Crippen molar-refractivity contribution >= 4 is 10.1 Å². The van der Waals surface area contributed by atoms with Gasteiger partial charge in [0.25, 0.3) is 10.1 Å². The van der Waals surface area contributed by atoms with E-state index in [-0.39, 0.29) is 6.42 Å². The summed E-state index contributed by atoms with van der Waals surface area (Å²) in [5.74, 6) is 0.0342. The Bertz CT molecular complexity index is 423. The highest BCUT2D eigenvalue weighted by Crippen LogP contribution is 2.13. The van der Waals surface area contributed by atoms with Crippen LogP contribution in [0.1, 0.15) is 5.56 Å². The molecule has 90 valence electrons. The first-order valence-electron chi connectivity index (χ1n) is 4.67. The van der Waals surface area contributed by atoms with E-state index in [1.807, 2.05) is 0 Å². The first-order valence-corrected chi connectivity index (χ1v) is 6.28. The quantitative estimate of drug-likeness (QED) is 0.738. The van der Waals surface area contributed by atoms with Gasteiger partial charge < -0.3 is 9.84 Å². The predicted octanol–water partition coefficient (Wildman–Crippen LogP) is 0.486. The van der Waals surface area contributed by atoms with Crippen LogP contribution in [0.15, 0.2) is 24.3 Å². The second-order valence-corrected chi connectivity index (χ2v) is 4.95. The molecule has 0 aliphatic heterocycles. The van der Waals surface area contributed by atoms with E-state index in [9.17, 15) is 13.5 Å². The zero-order valence-corrected chi connectivity index (χ0v) is 9.64. The minimum atomic E-state index is -4.13. The molecule has 0 saturated carbocycles. The Morgan fingerprint density at radius 1 is 1.31 bits per heavy atom. The lowest BCUT2D eigenvalue weighted by Crippen LogP contribution is -2.22. The zero-order chi connectivity index (χ0) is 12.2. The Kier molecular flexibility index (Phi) is 4.28. The van der Waals surface area contributed by atoms with Crippen molar-refractivity contribution in [2.75, 3.05) is 12.9 Å². The SMILES string of the molecule is COc1ccc(CC(O)CS(=O)(=O)O)cc1. The Hall–Kier alpha value is -1.11. The van der Waals surface area contributed by atoms with Gasteiger partial charge in [-0.15, -0.1) is 0 Å². The summed E-state index contributed by atoms with van der Waals surface area (Å²) in [6.45, 7) is 0. The molecule has 1 aromatic carbocycles. The lowest BCUT2D eigenvalue weighted by atomic mass is 10.1. The van der Waals surface area contributed by atoms with Gasteiger partial charge in [0.15, 0.2) is 0 Å². The second-order valence-electron chi connectivity index (χ2n) is 3.45. The summed E-state index contributed by atoms with van der Waals surface area (Å²) in [5.41, 5.74) is 0.775. The number of hydrogen-bond acceptors (Lipinski definition) is 4. The summed E-state index contributed by atoms with van der Waals surface area (Å²) in [4.78, 5) is 0. The fourth-order valence-corrected chi connectivity index (χ4v) is 1.94. The van der Waals surface area contributed by atoms with Crippen LogP contribution in [-0.2, 0) is 16.5 Å². The summed E-state index contributed by atoms with van der Waals surface area (Å²) in [5, 5.41) is 9.39. The van der Waals surface area contributed by atoms with E-state index in [4.69, 9.17) is 9.29 Å². The van der Waals surface area contributed by atoms with Gasteiger partial charge in [-0.2, -0.15) is 8.42 Å². The molecule has 0 aliphatic rings. The molecule has 1 rings (SSSR count). The van der Waals surface area contributed by atoms with Crippen LogP contribution in [0.2, 0.25) is 0 Å². The molecular formula is C10H14O5S. The van der Waals surface area contributed by atoms with Crippen LogP contribution >= 0.6 is 0 Å². The summed E-state index contributed by atoms with van der Waals surface area (Å²) in [6.07, 6.45) is -0.938. The van der Waals surface area contributed by atoms with Crippen molar-refractivity contribution in [3.8, 4) is 5.75 Å². The van der Waals surface area contributed by atoms with Gasteiger partial charge in [0.05, 0.1) is 13.2 Å². The van der Waals surface area contributed by atoms with Crippen molar-refractivity contribution < 1.29 is 22.8 Å². The number of aliphatic hydroxyl groups is 1. The first kappa shape index (κ1) is 13.0. The van der Waals surface area contributed by atoms with Gasteiger partial charge in [0, 0.05) is 0 Å². The maximum atomic E-state index is 10.5. The Morgan fingerprint density at radius 3 is 2.31 bits per heavy atom. The number of methoxy groups -OCH3 is 1. The smallest absolute Gasteiger partial charge is 0.267 e. The number of ether oxygens (including phenoxy) is 1. The molecule has 0 bridgehead atoms. The molecule has 0 spiro atoms. The first-order chi connectivity index (χ1) is 7.40. The van der Waals surface area contributed by atoms with Gasteiger partial charge in [0.2, 0.25) is 0 Å². The van der Waals surface area contributed by atoms with Crippen LogP contribution in [0.25, 0.3) is 0 Å². The molecule has 2 N–H and O–H groups in total. The number of benzene rings is 1. The molecule has 0 fully saturated rings. The van der Waals surface area contributed by atoms with Crippen LogP contribution in [0.5, 0.6) is 5.75 Å². The topological polar surface area (TPSA) is 83.8 Å². The summed E-state index contributed by atoms with van der Waals surface area (Å²) >= 11 is 0. The molecule has 16 heavy (non-hydrogen) atoms. The second kappa shape index (κ2) is 5.29. The van der Waals surface area contributed by atoms with Gasteiger partial charge in [-0.3, -0.25) is 4.55 Å². The minimum Gasteiger partial charge on any atom is -0.497 e. The normalized spacial score (nSPS) is 13.4. The molecule has 0 heterocycles. The van der Waals surface area contributed by atoms with E-state index in [1.165, 1.54) is 0 Å². The van der Waals surface area contributed by atoms with Gasteiger partial charge >= 0.3 is 0 Å². The van der Waals surface area contributed by atoms with Crippen LogP contribution in [0.3, 0.4) is 0 Å². The standard InChI is InChI=1S/C10H14O5S/c1-15-10-4-2-8(3-5-10)6-9(11)7-16(12,13)14/h2-5,9,11H,6-7H2,1H3,(H,12,13,14). The van der Waals surface area contributed by atoms with E-state index in [1.54, 1.807) is 31.4 Å². The minimum absolute atomic E-state index is 0.170. The van der Waals surface area contributed by atoms with Gasteiger partial charge in [-0.25, -0.2) is 0 Å². The maximum absolute atomic E-state index is 10.5.